The van der Waals surface area contributed by atoms with Crippen molar-refractivity contribution in [3.63, 3.8) is 0 Å². The van der Waals surface area contributed by atoms with Gasteiger partial charge < -0.3 is 14.6 Å². The second-order valence-corrected chi connectivity index (χ2v) is 6.09. The maximum absolute atomic E-state index is 9.62. The minimum absolute atomic E-state index is 0.271. The summed E-state index contributed by atoms with van der Waals surface area (Å²) in [6.07, 6.45) is 3.20. The van der Waals surface area contributed by atoms with E-state index in [1.807, 2.05) is 18.2 Å². The van der Waals surface area contributed by atoms with Crippen LogP contribution in [0, 0.1) is 11.8 Å². The molecule has 0 aliphatic heterocycles. The molecule has 0 bridgehead atoms. The van der Waals surface area contributed by atoms with Crippen LogP contribution in [0.15, 0.2) is 18.2 Å². The van der Waals surface area contributed by atoms with Gasteiger partial charge in [-0.25, -0.2) is 0 Å². The van der Waals surface area contributed by atoms with Crippen molar-refractivity contribution < 1.29 is 14.6 Å². The summed E-state index contributed by atoms with van der Waals surface area (Å²) in [6.45, 7) is 6.37. The molecule has 0 heterocycles. The Morgan fingerprint density at radius 3 is 2.50 bits per heavy atom. The SMILES string of the molecule is COc1cc([C@@H](C)O)ccc1OC1CCC(C)C(C)C1. The standard InChI is InChI=1S/C17H26O3/c1-11-5-7-15(9-12(11)2)20-16-8-6-14(13(3)18)10-17(16)19-4/h6,8,10-13,15,18H,5,7,9H2,1-4H3/t11?,12?,13-,15?/m1/s1. The van der Waals surface area contributed by atoms with Crippen molar-refractivity contribution in [3.8, 4) is 11.5 Å². The van der Waals surface area contributed by atoms with Gasteiger partial charge in [0.25, 0.3) is 0 Å². The molecule has 1 N–H and O–H groups in total. The van der Waals surface area contributed by atoms with Crippen LogP contribution < -0.4 is 9.47 Å². The molecule has 3 nitrogen and oxygen atoms in total. The molecular formula is C17H26O3. The van der Waals surface area contributed by atoms with Gasteiger partial charge in [-0.3, -0.25) is 0 Å². The van der Waals surface area contributed by atoms with Crippen molar-refractivity contribution in [2.75, 3.05) is 7.11 Å². The highest BCUT2D eigenvalue weighted by Crippen LogP contribution is 2.36. The fraction of sp³-hybridized carbons (Fsp3) is 0.647. The third kappa shape index (κ3) is 3.45. The molecule has 1 aromatic rings. The second-order valence-electron chi connectivity index (χ2n) is 6.09. The molecule has 3 heteroatoms. The molecular weight excluding hydrogens is 252 g/mol. The third-order valence-corrected chi connectivity index (χ3v) is 4.51. The molecule has 1 aliphatic rings. The summed E-state index contributed by atoms with van der Waals surface area (Å²) in [6, 6.07) is 5.66. The quantitative estimate of drug-likeness (QED) is 0.906. The molecule has 4 atom stereocenters. The summed E-state index contributed by atoms with van der Waals surface area (Å²) in [5.41, 5.74) is 0.847. The van der Waals surface area contributed by atoms with Gasteiger partial charge in [0, 0.05) is 0 Å². The zero-order valence-corrected chi connectivity index (χ0v) is 12.9. The van der Waals surface area contributed by atoms with Gasteiger partial charge in [-0.05, 0) is 55.7 Å². The van der Waals surface area contributed by atoms with Crippen molar-refractivity contribution in [2.45, 2.75) is 52.2 Å². The monoisotopic (exact) mass is 278 g/mol. The van der Waals surface area contributed by atoms with Gasteiger partial charge in [0.05, 0.1) is 19.3 Å². The number of benzene rings is 1. The van der Waals surface area contributed by atoms with Crippen LogP contribution in [-0.4, -0.2) is 18.3 Å². The summed E-state index contributed by atoms with van der Waals surface area (Å²) >= 11 is 0. The van der Waals surface area contributed by atoms with Crippen LogP contribution in [0.4, 0.5) is 0 Å². The molecule has 0 radical (unpaired) electrons. The van der Waals surface area contributed by atoms with Crippen molar-refractivity contribution >= 4 is 0 Å². The van der Waals surface area contributed by atoms with Crippen LogP contribution in [0.1, 0.15) is 51.7 Å². The molecule has 0 spiro atoms. The van der Waals surface area contributed by atoms with Crippen LogP contribution in [0.2, 0.25) is 0 Å². The largest absolute Gasteiger partial charge is 0.493 e. The number of methoxy groups -OCH3 is 1. The Labute approximate surface area is 121 Å². The van der Waals surface area contributed by atoms with Gasteiger partial charge in [-0.15, -0.1) is 0 Å². The molecule has 1 aromatic carbocycles. The van der Waals surface area contributed by atoms with E-state index in [2.05, 4.69) is 13.8 Å². The number of aliphatic hydroxyl groups is 1. The lowest BCUT2D eigenvalue weighted by Gasteiger charge is -2.32. The van der Waals surface area contributed by atoms with Crippen molar-refractivity contribution in [1.82, 2.24) is 0 Å². The summed E-state index contributed by atoms with van der Waals surface area (Å²) in [4.78, 5) is 0. The third-order valence-electron chi connectivity index (χ3n) is 4.51. The smallest absolute Gasteiger partial charge is 0.161 e. The minimum Gasteiger partial charge on any atom is -0.493 e. The van der Waals surface area contributed by atoms with Gasteiger partial charge in [-0.2, -0.15) is 0 Å². The molecule has 112 valence electrons. The Balaban J connectivity index is 2.09. The number of aliphatic hydroxyl groups excluding tert-OH is 1. The first kappa shape index (κ1) is 15.2. The Hall–Kier alpha value is -1.22. The highest BCUT2D eigenvalue weighted by Gasteiger charge is 2.26. The van der Waals surface area contributed by atoms with Crippen LogP contribution in [0.25, 0.3) is 0 Å². The highest BCUT2D eigenvalue weighted by atomic mass is 16.5. The summed E-state index contributed by atoms with van der Waals surface area (Å²) in [7, 11) is 1.64. The number of hydrogen-bond acceptors (Lipinski definition) is 3. The fourth-order valence-corrected chi connectivity index (χ4v) is 2.83. The zero-order chi connectivity index (χ0) is 14.7. The predicted molar refractivity (Wildman–Crippen MR) is 80.2 cm³/mol. The normalized spacial score (nSPS) is 27.9. The highest BCUT2D eigenvalue weighted by molar-refractivity contribution is 5.43. The van der Waals surface area contributed by atoms with Gasteiger partial charge in [-0.1, -0.05) is 19.9 Å². The molecule has 0 amide bonds. The van der Waals surface area contributed by atoms with Gasteiger partial charge in [0.15, 0.2) is 11.5 Å². The summed E-state index contributed by atoms with van der Waals surface area (Å²) in [5.74, 6) is 2.98. The fourth-order valence-electron chi connectivity index (χ4n) is 2.83. The molecule has 2 rings (SSSR count). The van der Waals surface area contributed by atoms with Gasteiger partial charge >= 0.3 is 0 Å². The molecule has 20 heavy (non-hydrogen) atoms. The van der Waals surface area contributed by atoms with Crippen molar-refractivity contribution in [1.29, 1.82) is 0 Å². The van der Waals surface area contributed by atoms with Gasteiger partial charge in [0.2, 0.25) is 0 Å². The number of hydrogen-bond donors (Lipinski definition) is 1. The number of rotatable bonds is 4. The topological polar surface area (TPSA) is 38.7 Å². The van der Waals surface area contributed by atoms with E-state index in [0.29, 0.717) is 11.7 Å². The Morgan fingerprint density at radius 2 is 1.90 bits per heavy atom. The van der Waals surface area contributed by atoms with Crippen LogP contribution in [-0.2, 0) is 0 Å². The summed E-state index contributed by atoms with van der Waals surface area (Å²) in [5, 5.41) is 9.62. The van der Waals surface area contributed by atoms with Crippen LogP contribution >= 0.6 is 0 Å². The Morgan fingerprint density at radius 1 is 1.15 bits per heavy atom. The first-order valence-electron chi connectivity index (χ1n) is 7.54. The first-order valence-corrected chi connectivity index (χ1v) is 7.54. The second kappa shape index (κ2) is 6.49. The molecule has 0 aromatic heterocycles. The predicted octanol–water partition coefficient (Wildman–Crippen LogP) is 3.95. The van der Waals surface area contributed by atoms with Gasteiger partial charge in [0.1, 0.15) is 0 Å². The summed E-state index contributed by atoms with van der Waals surface area (Å²) < 4.78 is 11.5. The Kier molecular flexibility index (Phi) is 4.92. The average molecular weight is 278 g/mol. The maximum Gasteiger partial charge on any atom is 0.161 e. The lowest BCUT2D eigenvalue weighted by molar-refractivity contribution is 0.0975. The minimum atomic E-state index is -0.492. The van der Waals surface area contributed by atoms with Crippen LogP contribution in [0.5, 0.6) is 11.5 Å². The lowest BCUT2D eigenvalue weighted by Crippen LogP contribution is -2.28. The van der Waals surface area contributed by atoms with E-state index in [1.165, 1.54) is 6.42 Å². The molecule has 0 saturated heterocycles. The van der Waals surface area contributed by atoms with E-state index in [0.717, 1.165) is 30.1 Å². The van der Waals surface area contributed by atoms with Crippen LogP contribution in [0.3, 0.4) is 0 Å². The van der Waals surface area contributed by atoms with E-state index < -0.39 is 6.10 Å². The maximum atomic E-state index is 9.62. The van der Waals surface area contributed by atoms with Crippen molar-refractivity contribution in [2.24, 2.45) is 11.8 Å². The average Bonchev–Trinajstić information content (AvgIpc) is 2.43. The Bertz CT molecular complexity index is 442. The van der Waals surface area contributed by atoms with E-state index >= 15 is 0 Å². The molecule has 3 unspecified atom stereocenters. The van der Waals surface area contributed by atoms with E-state index in [9.17, 15) is 5.11 Å². The zero-order valence-electron chi connectivity index (χ0n) is 12.9. The van der Waals surface area contributed by atoms with E-state index in [-0.39, 0.29) is 6.10 Å². The lowest BCUT2D eigenvalue weighted by atomic mass is 9.80. The van der Waals surface area contributed by atoms with Crippen molar-refractivity contribution in [3.05, 3.63) is 23.8 Å². The first-order chi connectivity index (χ1) is 9.51. The molecule has 1 fully saturated rings. The number of ether oxygens (including phenoxy) is 2. The van der Waals surface area contributed by atoms with E-state index in [4.69, 9.17) is 9.47 Å². The van der Waals surface area contributed by atoms with E-state index in [1.54, 1.807) is 14.0 Å². The molecule has 1 aliphatic carbocycles. The molecule has 1 saturated carbocycles.